The maximum absolute atomic E-state index is 13.2. The molecule has 0 saturated carbocycles. The van der Waals surface area contributed by atoms with Crippen LogP contribution in [0, 0.1) is 5.82 Å². The van der Waals surface area contributed by atoms with Gasteiger partial charge in [-0.1, -0.05) is 18.6 Å². The molecule has 2 aliphatic rings. The van der Waals surface area contributed by atoms with Crippen LogP contribution in [0.5, 0.6) is 0 Å². The van der Waals surface area contributed by atoms with Gasteiger partial charge in [-0.3, -0.25) is 9.69 Å². The highest BCUT2D eigenvalue weighted by Gasteiger charge is 2.32. The summed E-state index contributed by atoms with van der Waals surface area (Å²) in [7, 11) is 0. The zero-order chi connectivity index (χ0) is 15.4. The predicted molar refractivity (Wildman–Crippen MR) is 88.5 cm³/mol. The van der Waals surface area contributed by atoms with Crippen molar-refractivity contribution < 1.29 is 9.18 Å². The summed E-state index contributed by atoms with van der Waals surface area (Å²) in [5, 5.41) is 0. The number of thioether (sulfide) groups is 1. The van der Waals surface area contributed by atoms with E-state index in [0.29, 0.717) is 0 Å². The molecule has 22 heavy (non-hydrogen) atoms. The van der Waals surface area contributed by atoms with Gasteiger partial charge in [-0.05, 0) is 43.6 Å². The first-order chi connectivity index (χ1) is 10.8. The van der Waals surface area contributed by atoms with E-state index < -0.39 is 0 Å². The fourth-order valence-electron chi connectivity index (χ4n) is 3.29. The molecule has 5 heteroatoms. The van der Waals surface area contributed by atoms with Gasteiger partial charge in [0.15, 0.2) is 0 Å². The number of carbonyl (C=O) groups is 1. The maximum atomic E-state index is 13.2. The molecule has 2 saturated heterocycles. The van der Waals surface area contributed by atoms with E-state index in [4.69, 9.17) is 0 Å². The lowest BCUT2D eigenvalue weighted by Gasteiger charge is -2.38. The monoisotopic (exact) mass is 322 g/mol. The van der Waals surface area contributed by atoms with Crippen LogP contribution in [0.2, 0.25) is 0 Å². The summed E-state index contributed by atoms with van der Waals surface area (Å²) < 4.78 is 13.2. The first-order valence-electron chi connectivity index (χ1n) is 8.12. The van der Waals surface area contributed by atoms with Gasteiger partial charge in [-0.25, -0.2) is 4.39 Å². The highest BCUT2D eigenvalue weighted by Crippen LogP contribution is 2.28. The third-order valence-electron chi connectivity index (χ3n) is 4.50. The van der Waals surface area contributed by atoms with Crippen LogP contribution in [-0.4, -0.2) is 53.4 Å². The Morgan fingerprint density at radius 3 is 2.27 bits per heavy atom. The van der Waals surface area contributed by atoms with E-state index in [0.717, 1.165) is 56.1 Å². The van der Waals surface area contributed by atoms with E-state index in [2.05, 4.69) is 4.90 Å². The van der Waals surface area contributed by atoms with Crippen LogP contribution in [0.3, 0.4) is 0 Å². The van der Waals surface area contributed by atoms with Gasteiger partial charge in [0.25, 0.3) is 0 Å². The quantitative estimate of drug-likeness (QED) is 0.855. The molecular weight excluding hydrogens is 299 g/mol. The molecule has 0 spiro atoms. The van der Waals surface area contributed by atoms with Crippen molar-refractivity contribution in [2.24, 2.45) is 0 Å². The molecule has 1 aromatic carbocycles. The number of likely N-dealkylation sites (tertiary alicyclic amines) is 1. The smallest absolute Gasteiger partial charge is 0.244 e. The Kier molecular flexibility index (Phi) is 5.37. The average Bonchev–Trinajstić information content (AvgIpc) is 2.58. The van der Waals surface area contributed by atoms with E-state index in [-0.39, 0.29) is 17.8 Å². The minimum Gasteiger partial charge on any atom is -0.339 e. The summed E-state index contributed by atoms with van der Waals surface area (Å²) in [6, 6.07) is 6.22. The van der Waals surface area contributed by atoms with Gasteiger partial charge in [0.1, 0.15) is 11.9 Å². The standard InChI is InChI=1S/C17H23FN2OS/c18-15-6-4-14(5-7-15)16(19-8-2-1-3-9-19)17(21)20-10-12-22-13-11-20/h4-7,16H,1-3,8-13H2. The summed E-state index contributed by atoms with van der Waals surface area (Å²) in [6.45, 7) is 3.57. The highest BCUT2D eigenvalue weighted by atomic mass is 32.2. The largest absolute Gasteiger partial charge is 0.339 e. The van der Waals surface area contributed by atoms with E-state index in [1.165, 1.54) is 18.6 Å². The second-order valence-electron chi connectivity index (χ2n) is 5.99. The molecule has 3 rings (SSSR count). The van der Waals surface area contributed by atoms with Crippen LogP contribution in [-0.2, 0) is 4.79 Å². The lowest BCUT2D eigenvalue weighted by Crippen LogP contribution is -2.47. The Labute approximate surface area is 135 Å². The number of halogens is 1. The van der Waals surface area contributed by atoms with E-state index in [1.807, 2.05) is 16.7 Å². The fraction of sp³-hybridized carbons (Fsp3) is 0.588. The minimum absolute atomic E-state index is 0.189. The van der Waals surface area contributed by atoms with Crippen molar-refractivity contribution in [2.75, 3.05) is 37.7 Å². The molecule has 1 aromatic rings. The van der Waals surface area contributed by atoms with Crippen molar-refractivity contribution in [3.8, 4) is 0 Å². The fourth-order valence-corrected chi connectivity index (χ4v) is 4.19. The van der Waals surface area contributed by atoms with Gasteiger partial charge >= 0.3 is 0 Å². The summed E-state index contributed by atoms with van der Waals surface area (Å²) in [4.78, 5) is 17.3. The zero-order valence-electron chi connectivity index (χ0n) is 12.8. The number of carbonyl (C=O) groups excluding carboxylic acids is 1. The summed E-state index contributed by atoms with van der Waals surface area (Å²) in [6.07, 6.45) is 3.52. The number of piperidine rings is 1. The van der Waals surface area contributed by atoms with E-state index in [1.54, 1.807) is 12.1 Å². The molecule has 1 unspecified atom stereocenters. The third kappa shape index (κ3) is 3.63. The van der Waals surface area contributed by atoms with Crippen LogP contribution in [0.25, 0.3) is 0 Å². The van der Waals surface area contributed by atoms with Crippen molar-refractivity contribution in [1.82, 2.24) is 9.80 Å². The molecule has 2 aliphatic heterocycles. The van der Waals surface area contributed by atoms with Gasteiger partial charge < -0.3 is 4.90 Å². The average molecular weight is 322 g/mol. The third-order valence-corrected chi connectivity index (χ3v) is 5.44. The second-order valence-corrected chi connectivity index (χ2v) is 7.21. The number of rotatable bonds is 3. The summed E-state index contributed by atoms with van der Waals surface area (Å²) >= 11 is 1.90. The molecule has 0 bridgehead atoms. The van der Waals surface area contributed by atoms with Crippen LogP contribution in [0.1, 0.15) is 30.9 Å². The Hall–Kier alpha value is -1.07. The topological polar surface area (TPSA) is 23.6 Å². The van der Waals surface area contributed by atoms with Gasteiger partial charge in [-0.15, -0.1) is 0 Å². The SMILES string of the molecule is O=C(C(c1ccc(F)cc1)N1CCCCC1)N1CCSCC1. The van der Waals surface area contributed by atoms with E-state index in [9.17, 15) is 9.18 Å². The molecule has 0 aliphatic carbocycles. The Bertz CT molecular complexity index is 496. The zero-order valence-corrected chi connectivity index (χ0v) is 13.7. The number of benzene rings is 1. The first-order valence-corrected chi connectivity index (χ1v) is 9.27. The maximum Gasteiger partial charge on any atom is 0.244 e. The number of nitrogens with zero attached hydrogens (tertiary/aromatic N) is 2. The minimum atomic E-state index is -0.247. The normalized spacial score (nSPS) is 21.6. The lowest BCUT2D eigenvalue weighted by molar-refractivity contribution is -0.137. The predicted octanol–water partition coefficient (Wildman–Crippen LogP) is 2.93. The molecule has 0 radical (unpaired) electrons. The molecular formula is C17H23FN2OS. The van der Waals surface area contributed by atoms with Crippen LogP contribution < -0.4 is 0 Å². The van der Waals surface area contributed by atoms with Gasteiger partial charge in [-0.2, -0.15) is 11.8 Å². The van der Waals surface area contributed by atoms with Crippen LogP contribution >= 0.6 is 11.8 Å². The molecule has 2 heterocycles. The van der Waals surface area contributed by atoms with Crippen molar-refractivity contribution in [3.63, 3.8) is 0 Å². The number of amides is 1. The molecule has 1 amide bonds. The molecule has 120 valence electrons. The first kappa shape index (κ1) is 15.8. The summed E-state index contributed by atoms with van der Waals surface area (Å²) in [5.74, 6) is 1.97. The Balaban J connectivity index is 1.84. The van der Waals surface area contributed by atoms with Crippen molar-refractivity contribution in [1.29, 1.82) is 0 Å². The Morgan fingerprint density at radius 1 is 1.00 bits per heavy atom. The summed E-state index contributed by atoms with van der Waals surface area (Å²) in [5.41, 5.74) is 0.923. The molecule has 3 nitrogen and oxygen atoms in total. The number of hydrogen-bond donors (Lipinski definition) is 0. The van der Waals surface area contributed by atoms with Crippen molar-refractivity contribution in [2.45, 2.75) is 25.3 Å². The second kappa shape index (κ2) is 7.47. The molecule has 0 N–H and O–H groups in total. The number of hydrogen-bond acceptors (Lipinski definition) is 3. The van der Waals surface area contributed by atoms with Crippen LogP contribution in [0.4, 0.5) is 4.39 Å². The van der Waals surface area contributed by atoms with Gasteiger partial charge in [0, 0.05) is 24.6 Å². The molecule has 1 atom stereocenters. The Morgan fingerprint density at radius 2 is 1.64 bits per heavy atom. The van der Waals surface area contributed by atoms with Gasteiger partial charge in [0.2, 0.25) is 5.91 Å². The van der Waals surface area contributed by atoms with Crippen molar-refractivity contribution >= 4 is 17.7 Å². The van der Waals surface area contributed by atoms with Crippen LogP contribution in [0.15, 0.2) is 24.3 Å². The lowest BCUT2D eigenvalue weighted by atomic mass is 10.00. The van der Waals surface area contributed by atoms with Crippen molar-refractivity contribution in [3.05, 3.63) is 35.6 Å². The molecule has 0 aromatic heterocycles. The molecule has 2 fully saturated rings. The van der Waals surface area contributed by atoms with E-state index >= 15 is 0 Å². The van der Waals surface area contributed by atoms with Gasteiger partial charge in [0.05, 0.1) is 0 Å². The highest BCUT2D eigenvalue weighted by molar-refractivity contribution is 7.99.